The number of fused-ring (bicyclic) bond motifs is 1. The van der Waals surface area contributed by atoms with Crippen LogP contribution in [-0.4, -0.2) is 9.55 Å². The summed E-state index contributed by atoms with van der Waals surface area (Å²) in [6.45, 7) is 4.60. The van der Waals surface area contributed by atoms with Crippen molar-refractivity contribution in [2.24, 2.45) is 5.73 Å². The molecule has 0 aliphatic heterocycles. The summed E-state index contributed by atoms with van der Waals surface area (Å²) in [5.74, 6) is 0.444. The van der Waals surface area contributed by atoms with Gasteiger partial charge in [0, 0.05) is 6.54 Å². The van der Waals surface area contributed by atoms with Gasteiger partial charge in [-0.15, -0.1) is 0 Å². The maximum atomic E-state index is 13.5. The fourth-order valence-electron chi connectivity index (χ4n) is 1.81. The smallest absolute Gasteiger partial charge is 0.151 e. The maximum Gasteiger partial charge on any atom is 0.151 e. The number of rotatable bonds is 2. The van der Waals surface area contributed by atoms with E-state index in [-0.39, 0.29) is 11.9 Å². The minimum atomic E-state index is -0.290. The maximum absolute atomic E-state index is 13.5. The zero-order chi connectivity index (χ0) is 11.0. The molecule has 0 fully saturated rings. The molecule has 0 unspecified atom stereocenters. The van der Waals surface area contributed by atoms with Crippen LogP contribution in [0.4, 0.5) is 4.39 Å². The molecule has 0 saturated heterocycles. The highest BCUT2D eigenvalue weighted by atomic mass is 19.1. The van der Waals surface area contributed by atoms with Crippen LogP contribution in [0.3, 0.4) is 0 Å². The van der Waals surface area contributed by atoms with E-state index >= 15 is 0 Å². The van der Waals surface area contributed by atoms with E-state index in [0.717, 1.165) is 17.9 Å². The predicted octanol–water partition coefficient (Wildman–Crippen LogP) is 2.21. The van der Waals surface area contributed by atoms with Gasteiger partial charge in [0.2, 0.25) is 0 Å². The number of hydrogen-bond acceptors (Lipinski definition) is 2. The number of aryl methyl sites for hydroxylation is 1. The molecule has 1 atom stereocenters. The zero-order valence-electron chi connectivity index (χ0n) is 8.87. The van der Waals surface area contributed by atoms with Crippen LogP contribution in [-0.2, 0) is 6.54 Å². The Kier molecular flexibility index (Phi) is 2.44. The molecule has 3 nitrogen and oxygen atoms in total. The highest BCUT2D eigenvalue weighted by molar-refractivity contribution is 5.76. The van der Waals surface area contributed by atoms with Crippen molar-refractivity contribution in [1.29, 1.82) is 0 Å². The molecular formula is C11H14FN3. The summed E-state index contributed by atoms with van der Waals surface area (Å²) in [5.41, 5.74) is 7.02. The molecule has 0 radical (unpaired) electrons. The van der Waals surface area contributed by atoms with Crippen LogP contribution in [0, 0.1) is 5.82 Å². The minimum absolute atomic E-state index is 0.184. The Morgan fingerprint density at radius 3 is 2.87 bits per heavy atom. The van der Waals surface area contributed by atoms with Gasteiger partial charge in [-0.05, 0) is 26.0 Å². The zero-order valence-corrected chi connectivity index (χ0v) is 8.87. The molecule has 4 heteroatoms. The van der Waals surface area contributed by atoms with Gasteiger partial charge in [-0.2, -0.15) is 0 Å². The van der Waals surface area contributed by atoms with E-state index in [1.807, 2.05) is 24.5 Å². The fourth-order valence-corrected chi connectivity index (χ4v) is 1.81. The Labute approximate surface area is 87.7 Å². The molecule has 1 aromatic carbocycles. The molecule has 2 aromatic rings. The first-order valence-electron chi connectivity index (χ1n) is 5.05. The molecular weight excluding hydrogens is 193 g/mol. The monoisotopic (exact) mass is 207 g/mol. The second kappa shape index (κ2) is 3.62. The number of aromatic nitrogens is 2. The van der Waals surface area contributed by atoms with Gasteiger partial charge in [0.05, 0.1) is 11.6 Å². The first-order valence-corrected chi connectivity index (χ1v) is 5.05. The van der Waals surface area contributed by atoms with Crippen LogP contribution in [0.1, 0.15) is 25.7 Å². The quantitative estimate of drug-likeness (QED) is 0.820. The van der Waals surface area contributed by atoms with Gasteiger partial charge >= 0.3 is 0 Å². The van der Waals surface area contributed by atoms with E-state index in [1.165, 1.54) is 6.07 Å². The number of halogens is 1. The first-order chi connectivity index (χ1) is 7.15. The summed E-state index contributed by atoms with van der Waals surface area (Å²) in [6, 6.07) is 4.79. The van der Waals surface area contributed by atoms with E-state index in [4.69, 9.17) is 5.73 Å². The Balaban J connectivity index is 2.78. The van der Waals surface area contributed by atoms with Crippen LogP contribution >= 0.6 is 0 Å². The van der Waals surface area contributed by atoms with E-state index in [2.05, 4.69) is 4.98 Å². The molecule has 0 bridgehead atoms. The average molecular weight is 207 g/mol. The second-order valence-electron chi connectivity index (χ2n) is 3.61. The highest BCUT2D eigenvalue weighted by Gasteiger charge is 2.14. The van der Waals surface area contributed by atoms with Crippen LogP contribution in [0.5, 0.6) is 0 Å². The number of para-hydroxylation sites is 1. The third-order valence-electron chi connectivity index (χ3n) is 2.48. The Hall–Kier alpha value is -1.42. The Morgan fingerprint density at radius 1 is 1.53 bits per heavy atom. The number of imidazole rings is 1. The minimum Gasteiger partial charge on any atom is -0.327 e. The standard InChI is InChI=1S/C11H14FN3/c1-3-15-9-6-4-5-8(12)10(9)14-11(15)7(2)13/h4-7H,3,13H2,1-2H3/t7-/m1/s1. The molecule has 2 N–H and O–H groups in total. The molecule has 80 valence electrons. The van der Waals surface area contributed by atoms with E-state index in [1.54, 1.807) is 6.07 Å². The lowest BCUT2D eigenvalue weighted by Gasteiger charge is -2.07. The van der Waals surface area contributed by atoms with Crippen molar-refractivity contribution in [1.82, 2.24) is 9.55 Å². The lowest BCUT2D eigenvalue weighted by Crippen LogP contribution is -2.12. The van der Waals surface area contributed by atoms with Crippen molar-refractivity contribution in [3.05, 3.63) is 29.8 Å². The van der Waals surface area contributed by atoms with Crippen LogP contribution in [0.15, 0.2) is 18.2 Å². The van der Waals surface area contributed by atoms with Crippen molar-refractivity contribution >= 4 is 11.0 Å². The molecule has 15 heavy (non-hydrogen) atoms. The highest BCUT2D eigenvalue weighted by Crippen LogP contribution is 2.21. The first kappa shape index (κ1) is 10.1. The van der Waals surface area contributed by atoms with E-state index in [0.29, 0.717) is 5.52 Å². The number of nitrogens with zero attached hydrogens (tertiary/aromatic N) is 2. The summed E-state index contributed by atoms with van der Waals surface area (Å²) in [4.78, 5) is 4.25. The van der Waals surface area contributed by atoms with Crippen molar-refractivity contribution in [2.75, 3.05) is 0 Å². The SMILES string of the molecule is CCn1c([C@@H](C)N)nc2c(F)cccc21. The van der Waals surface area contributed by atoms with Gasteiger partial charge in [0.15, 0.2) is 5.82 Å². The van der Waals surface area contributed by atoms with Crippen LogP contribution < -0.4 is 5.73 Å². The summed E-state index contributed by atoms with van der Waals surface area (Å²) >= 11 is 0. The van der Waals surface area contributed by atoms with Crippen molar-refractivity contribution in [3.63, 3.8) is 0 Å². The lowest BCUT2D eigenvalue weighted by atomic mass is 10.3. The van der Waals surface area contributed by atoms with Gasteiger partial charge in [-0.3, -0.25) is 0 Å². The average Bonchev–Trinajstić information content (AvgIpc) is 2.57. The molecule has 0 spiro atoms. The van der Waals surface area contributed by atoms with E-state index < -0.39 is 0 Å². The molecule has 0 aliphatic rings. The van der Waals surface area contributed by atoms with Gasteiger partial charge in [-0.25, -0.2) is 9.37 Å². The second-order valence-corrected chi connectivity index (χ2v) is 3.61. The molecule has 0 aliphatic carbocycles. The van der Waals surface area contributed by atoms with Crippen molar-refractivity contribution in [2.45, 2.75) is 26.4 Å². The van der Waals surface area contributed by atoms with Crippen LogP contribution in [0.2, 0.25) is 0 Å². The Bertz CT molecular complexity index is 488. The van der Waals surface area contributed by atoms with E-state index in [9.17, 15) is 4.39 Å². The molecule has 1 aromatic heterocycles. The molecule has 1 heterocycles. The van der Waals surface area contributed by atoms with Crippen molar-refractivity contribution < 1.29 is 4.39 Å². The van der Waals surface area contributed by atoms with Gasteiger partial charge in [-0.1, -0.05) is 6.07 Å². The number of benzene rings is 1. The third-order valence-corrected chi connectivity index (χ3v) is 2.48. The largest absolute Gasteiger partial charge is 0.327 e. The lowest BCUT2D eigenvalue weighted by molar-refractivity contribution is 0.635. The van der Waals surface area contributed by atoms with Gasteiger partial charge in [0.1, 0.15) is 11.3 Å². The normalized spacial score (nSPS) is 13.3. The van der Waals surface area contributed by atoms with Crippen molar-refractivity contribution in [3.8, 4) is 0 Å². The summed E-state index contributed by atoms with van der Waals surface area (Å²) < 4.78 is 15.4. The predicted molar refractivity (Wildman–Crippen MR) is 58.0 cm³/mol. The third kappa shape index (κ3) is 1.51. The molecule has 2 rings (SSSR count). The van der Waals surface area contributed by atoms with Crippen LogP contribution in [0.25, 0.3) is 11.0 Å². The molecule has 0 amide bonds. The number of hydrogen-bond donors (Lipinski definition) is 1. The summed E-state index contributed by atoms with van der Waals surface area (Å²) in [6.07, 6.45) is 0. The van der Waals surface area contributed by atoms with Gasteiger partial charge < -0.3 is 10.3 Å². The number of nitrogens with two attached hydrogens (primary N) is 1. The summed E-state index contributed by atoms with van der Waals surface area (Å²) in [7, 11) is 0. The van der Waals surface area contributed by atoms with Gasteiger partial charge in [0.25, 0.3) is 0 Å². The fraction of sp³-hybridized carbons (Fsp3) is 0.364. The Morgan fingerprint density at radius 2 is 2.27 bits per heavy atom. The molecule has 0 saturated carbocycles. The summed E-state index contributed by atoms with van der Waals surface area (Å²) in [5, 5.41) is 0. The topological polar surface area (TPSA) is 43.8 Å².